The Bertz CT molecular complexity index is 1020. The lowest BCUT2D eigenvalue weighted by atomic mass is 10.1. The first-order valence-electron chi connectivity index (χ1n) is 9.09. The van der Waals surface area contributed by atoms with Gasteiger partial charge in [-0.15, -0.1) is 0 Å². The third-order valence-corrected chi connectivity index (χ3v) is 4.46. The van der Waals surface area contributed by atoms with Gasteiger partial charge in [0.1, 0.15) is 22.4 Å². The van der Waals surface area contributed by atoms with Crippen LogP contribution >= 0.6 is 11.6 Å². The molecule has 0 fully saturated rings. The first-order valence-corrected chi connectivity index (χ1v) is 9.47. The van der Waals surface area contributed by atoms with E-state index in [4.69, 9.17) is 11.6 Å². The number of nitrogens with zero attached hydrogens (tertiary/aromatic N) is 2. The lowest BCUT2D eigenvalue weighted by Crippen LogP contribution is -2.21. The van der Waals surface area contributed by atoms with E-state index in [1.807, 2.05) is 0 Å². The van der Waals surface area contributed by atoms with Crippen molar-refractivity contribution < 1.29 is 22.3 Å². The van der Waals surface area contributed by atoms with Crippen molar-refractivity contribution >= 4 is 17.7 Å². The molecule has 0 saturated heterocycles. The molecule has 3 nitrogen and oxygen atoms in total. The quantitative estimate of drug-likeness (QED) is 0.305. The monoisotopic (exact) mass is 436 g/mol. The third-order valence-electron chi connectivity index (χ3n) is 4.09. The lowest BCUT2D eigenvalue weighted by Gasteiger charge is -2.14. The molecule has 8 heteroatoms. The van der Waals surface area contributed by atoms with Crippen molar-refractivity contribution in [3.05, 3.63) is 82.7 Å². The zero-order valence-electron chi connectivity index (χ0n) is 15.9. The van der Waals surface area contributed by atoms with E-state index in [2.05, 4.69) is 21.6 Å². The molecule has 0 saturated carbocycles. The Morgan fingerprint density at radius 2 is 1.63 bits per heavy atom. The van der Waals surface area contributed by atoms with Crippen LogP contribution in [0.1, 0.15) is 24.5 Å². The van der Waals surface area contributed by atoms with Gasteiger partial charge in [-0.2, -0.15) is 8.78 Å². The van der Waals surface area contributed by atoms with Crippen molar-refractivity contribution in [3.63, 3.8) is 0 Å². The van der Waals surface area contributed by atoms with Crippen molar-refractivity contribution in [2.45, 2.75) is 25.9 Å². The minimum Gasteiger partial charge on any atom is -0.429 e. The van der Waals surface area contributed by atoms with Gasteiger partial charge in [0.15, 0.2) is 5.82 Å². The topological polar surface area (TPSA) is 35.0 Å². The standard InChI is InChI=1S/C22H17ClF4N2O/c1-2-3-15-12-28-21(29-13-15)16-6-4-14(5-7-16)8-9-22(26,27)30-17-10-18(24)20(23)19(25)11-17/h4-13H,2-3H2,1H3/b9-8+. The second-order valence-corrected chi connectivity index (χ2v) is 6.86. The summed E-state index contributed by atoms with van der Waals surface area (Å²) in [5.41, 5.74) is 2.26. The van der Waals surface area contributed by atoms with Crippen molar-refractivity contribution in [2.24, 2.45) is 0 Å². The van der Waals surface area contributed by atoms with Crippen LogP contribution in [0.3, 0.4) is 0 Å². The molecule has 0 amide bonds. The zero-order chi connectivity index (χ0) is 21.7. The summed E-state index contributed by atoms with van der Waals surface area (Å²) < 4.78 is 59.1. The Kier molecular flexibility index (Phi) is 6.72. The van der Waals surface area contributed by atoms with Gasteiger partial charge in [-0.3, -0.25) is 0 Å². The number of alkyl halides is 2. The van der Waals surface area contributed by atoms with E-state index in [9.17, 15) is 17.6 Å². The minimum absolute atomic E-state index is 0.470. The van der Waals surface area contributed by atoms with Crippen molar-refractivity contribution in [1.29, 1.82) is 0 Å². The molecule has 0 N–H and O–H groups in total. The van der Waals surface area contributed by atoms with Crippen molar-refractivity contribution in [3.8, 4) is 17.1 Å². The van der Waals surface area contributed by atoms with Gasteiger partial charge in [-0.25, -0.2) is 18.7 Å². The molecule has 156 valence electrons. The number of hydrogen-bond acceptors (Lipinski definition) is 3. The second kappa shape index (κ2) is 9.26. The summed E-state index contributed by atoms with van der Waals surface area (Å²) in [6.45, 7) is 2.07. The molecule has 0 aliphatic rings. The van der Waals surface area contributed by atoms with Crippen LogP contribution in [-0.4, -0.2) is 16.1 Å². The second-order valence-electron chi connectivity index (χ2n) is 6.49. The van der Waals surface area contributed by atoms with Gasteiger partial charge < -0.3 is 4.74 Å². The van der Waals surface area contributed by atoms with Gasteiger partial charge in [0.2, 0.25) is 0 Å². The molecule has 0 bridgehead atoms. The predicted molar refractivity (Wildman–Crippen MR) is 107 cm³/mol. The number of hydrogen-bond donors (Lipinski definition) is 0. The molecule has 30 heavy (non-hydrogen) atoms. The Balaban J connectivity index is 1.69. The molecule has 3 aromatic rings. The fraction of sp³-hybridized carbons (Fsp3) is 0.182. The molecular weight excluding hydrogens is 420 g/mol. The average Bonchev–Trinajstić information content (AvgIpc) is 2.71. The normalized spacial score (nSPS) is 11.8. The maximum atomic E-state index is 14.0. The van der Waals surface area contributed by atoms with Gasteiger partial charge >= 0.3 is 6.11 Å². The molecule has 0 spiro atoms. The highest BCUT2D eigenvalue weighted by Crippen LogP contribution is 2.29. The summed E-state index contributed by atoms with van der Waals surface area (Å²) in [6, 6.07) is 7.83. The Morgan fingerprint density at radius 1 is 1.03 bits per heavy atom. The number of rotatable bonds is 7. The van der Waals surface area contributed by atoms with E-state index in [1.54, 1.807) is 36.7 Å². The molecular formula is C22H17ClF4N2O. The SMILES string of the molecule is CCCc1cnc(-c2ccc(/C=C/C(F)(F)Oc3cc(F)c(Cl)c(F)c3)cc2)nc1. The van der Waals surface area contributed by atoms with Crippen molar-refractivity contribution in [1.82, 2.24) is 9.97 Å². The largest absolute Gasteiger partial charge is 0.429 e. The zero-order valence-corrected chi connectivity index (χ0v) is 16.6. The summed E-state index contributed by atoms with van der Waals surface area (Å²) in [5.74, 6) is -2.52. The van der Waals surface area contributed by atoms with Crippen LogP contribution in [0.25, 0.3) is 17.5 Å². The Morgan fingerprint density at radius 3 is 2.20 bits per heavy atom. The maximum Gasteiger partial charge on any atom is 0.419 e. The summed E-state index contributed by atoms with van der Waals surface area (Å²) in [6.07, 6.45) is 3.26. The summed E-state index contributed by atoms with van der Waals surface area (Å²) in [4.78, 5) is 8.62. The minimum atomic E-state index is -3.79. The molecule has 0 radical (unpaired) electrons. The van der Waals surface area contributed by atoms with Gasteiger partial charge in [-0.1, -0.05) is 49.2 Å². The van der Waals surface area contributed by atoms with Gasteiger partial charge in [0.25, 0.3) is 0 Å². The van der Waals surface area contributed by atoms with Gasteiger partial charge in [0.05, 0.1) is 0 Å². The molecule has 3 rings (SSSR count). The fourth-order valence-electron chi connectivity index (χ4n) is 2.64. The van der Waals surface area contributed by atoms with Crippen LogP contribution < -0.4 is 4.74 Å². The first kappa shape index (κ1) is 21.8. The highest BCUT2D eigenvalue weighted by molar-refractivity contribution is 6.30. The smallest absolute Gasteiger partial charge is 0.419 e. The van der Waals surface area contributed by atoms with Crippen LogP contribution in [0.4, 0.5) is 17.6 Å². The van der Waals surface area contributed by atoms with Crippen LogP contribution in [0, 0.1) is 11.6 Å². The van der Waals surface area contributed by atoms with Crippen LogP contribution in [0.5, 0.6) is 5.75 Å². The molecule has 1 heterocycles. The number of halogens is 5. The molecule has 0 aliphatic carbocycles. The van der Waals surface area contributed by atoms with Crippen LogP contribution in [0.15, 0.2) is 54.9 Å². The highest BCUT2D eigenvalue weighted by atomic mass is 35.5. The van der Waals surface area contributed by atoms with E-state index < -0.39 is 28.5 Å². The third kappa shape index (κ3) is 5.57. The van der Waals surface area contributed by atoms with Crippen LogP contribution in [0.2, 0.25) is 5.02 Å². The number of aryl methyl sites for hydroxylation is 1. The fourth-order valence-corrected chi connectivity index (χ4v) is 2.75. The number of aromatic nitrogens is 2. The van der Waals surface area contributed by atoms with Gasteiger partial charge in [0, 0.05) is 36.2 Å². The maximum absolute atomic E-state index is 14.0. The summed E-state index contributed by atoms with van der Waals surface area (Å²) >= 11 is 5.32. The average molecular weight is 437 g/mol. The van der Waals surface area contributed by atoms with E-state index in [0.29, 0.717) is 29.6 Å². The van der Waals surface area contributed by atoms with E-state index >= 15 is 0 Å². The molecule has 0 aliphatic heterocycles. The Labute approximate surface area is 176 Å². The van der Waals surface area contributed by atoms with Crippen molar-refractivity contribution in [2.75, 3.05) is 0 Å². The molecule has 1 aromatic heterocycles. The van der Waals surface area contributed by atoms with Gasteiger partial charge in [-0.05, 0) is 23.6 Å². The summed E-state index contributed by atoms with van der Waals surface area (Å²) in [7, 11) is 0. The number of benzene rings is 2. The molecule has 0 atom stereocenters. The highest BCUT2D eigenvalue weighted by Gasteiger charge is 2.28. The van der Waals surface area contributed by atoms with Crippen LogP contribution in [-0.2, 0) is 6.42 Å². The molecule has 2 aromatic carbocycles. The number of ether oxygens (including phenoxy) is 1. The lowest BCUT2D eigenvalue weighted by molar-refractivity contribution is -0.131. The van der Waals surface area contributed by atoms with E-state index in [1.165, 1.54) is 0 Å². The summed E-state index contributed by atoms with van der Waals surface area (Å²) in [5, 5.41) is -0.787. The predicted octanol–water partition coefficient (Wildman–Crippen LogP) is 6.71. The Hall–Kier alpha value is -2.93. The van der Waals surface area contributed by atoms with E-state index in [0.717, 1.165) is 30.0 Å². The molecule has 0 unspecified atom stereocenters. The first-order chi connectivity index (χ1) is 14.3. The van der Waals surface area contributed by atoms with E-state index in [-0.39, 0.29) is 0 Å².